The molecular formula is C20H32N3O6P. The molecule has 0 aromatic heterocycles. The van der Waals surface area contributed by atoms with Crippen LogP contribution in [0, 0.1) is 10.1 Å². The first-order valence-corrected chi connectivity index (χ1v) is 11.8. The van der Waals surface area contributed by atoms with E-state index in [0.29, 0.717) is 17.6 Å². The van der Waals surface area contributed by atoms with Crippen molar-refractivity contribution in [3.8, 4) is 0 Å². The zero-order valence-electron chi connectivity index (χ0n) is 18.1. The highest BCUT2D eigenvalue weighted by molar-refractivity contribution is 7.58. The van der Waals surface area contributed by atoms with Crippen LogP contribution >= 0.6 is 7.60 Å². The van der Waals surface area contributed by atoms with Crippen LogP contribution in [-0.4, -0.2) is 55.4 Å². The summed E-state index contributed by atoms with van der Waals surface area (Å²) in [5.41, 5.74) is 0.645. The van der Waals surface area contributed by atoms with Crippen molar-refractivity contribution in [2.45, 2.75) is 45.7 Å². The Morgan fingerprint density at radius 1 is 1.33 bits per heavy atom. The first kappa shape index (κ1) is 24.5. The van der Waals surface area contributed by atoms with E-state index < -0.39 is 12.5 Å². The molecule has 0 radical (unpaired) electrons. The van der Waals surface area contributed by atoms with Gasteiger partial charge in [-0.2, -0.15) is 0 Å². The molecule has 1 unspecified atom stereocenters. The van der Waals surface area contributed by atoms with E-state index in [9.17, 15) is 14.7 Å². The van der Waals surface area contributed by atoms with Gasteiger partial charge in [0.1, 0.15) is 0 Å². The summed E-state index contributed by atoms with van der Waals surface area (Å²) >= 11 is 0. The molecule has 0 amide bonds. The van der Waals surface area contributed by atoms with Crippen molar-refractivity contribution < 1.29 is 23.3 Å². The molecule has 2 rings (SSSR count). The Balaban J connectivity index is 2.35. The van der Waals surface area contributed by atoms with Gasteiger partial charge in [-0.25, -0.2) is 0 Å². The fourth-order valence-electron chi connectivity index (χ4n) is 3.70. The van der Waals surface area contributed by atoms with Crippen LogP contribution < -0.4 is 5.32 Å². The highest BCUT2D eigenvalue weighted by atomic mass is 31.2. The van der Waals surface area contributed by atoms with Crippen LogP contribution in [0.1, 0.15) is 33.6 Å². The smallest absolute Gasteiger partial charge is 0.360 e. The van der Waals surface area contributed by atoms with E-state index in [1.165, 1.54) is 12.1 Å². The predicted molar refractivity (Wildman–Crippen MR) is 117 cm³/mol. The summed E-state index contributed by atoms with van der Waals surface area (Å²) in [6, 6.07) is 6.06. The summed E-state index contributed by atoms with van der Waals surface area (Å²) in [6.07, 6.45) is 3.70. The van der Waals surface area contributed by atoms with Gasteiger partial charge in [0.2, 0.25) is 0 Å². The second-order valence-corrected chi connectivity index (χ2v) is 9.04. The summed E-state index contributed by atoms with van der Waals surface area (Å²) in [6.45, 7) is 7.51. The predicted octanol–water partition coefficient (Wildman–Crippen LogP) is 4.61. The highest BCUT2D eigenvalue weighted by Gasteiger charge is 2.39. The Morgan fingerprint density at radius 2 is 1.97 bits per heavy atom. The maximum absolute atomic E-state index is 13.6. The monoisotopic (exact) mass is 441 g/mol. The Labute approximate surface area is 178 Å². The zero-order chi connectivity index (χ0) is 22.1. The highest BCUT2D eigenvalue weighted by Crippen LogP contribution is 2.58. The molecule has 0 saturated carbocycles. The Morgan fingerprint density at radius 3 is 2.50 bits per heavy atom. The van der Waals surface area contributed by atoms with Gasteiger partial charge in [-0.3, -0.25) is 19.6 Å². The number of likely N-dealkylation sites (tertiary alicyclic amines) is 1. The number of nitro groups is 1. The van der Waals surface area contributed by atoms with Crippen LogP contribution in [0.3, 0.4) is 0 Å². The number of hydrogen-bond donors (Lipinski definition) is 1. The molecule has 0 aliphatic carbocycles. The number of nitrogens with zero attached hydrogens (tertiary/aromatic N) is 2. The Hall–Kier alpha value is -1.77. The van der Waals surface area contributed by atoms with Gasteiger partial charge in [0.25, 0.3) is 5.69 Å². The van der Waals surface area contributed by atoms with Gasteiger partial charge in [-0.1, -0.05) is 0 Å². The minimum atomic E-state index is -3.54. The first-order valence-electron chi connectivity index (χ1n) is 10.2. The van der Waals surface area contributed by atoms with Gasteiger partial charge < -0.3 is 19.1 Å². The average Bonchev–Trinajstić information content (AvgIpc) is 3.17. The molecule has 1 heterocycles. The van der Waals surface area contributed by atoms with Gasteiger partial charge in [0.05, 0.1) is 30.1 Å². The molecular weight excluding hydrogens is 409 g/mol. The number of nitrogens with one attached hydrogen (secondary N) is 1. The van der Waals surface area contributed by atoms with Crippen LogP contribution in [0.2, 0.25) is 0 Å². The Bertz CT molecular complexity index is 760. The largest absolute Gasteiger partial charge is 0.383 e. The van der Waals surface area contributed by atoms with Crippen molar-refractivity contribution in [2.75, 3.05) is 38.8 Å². The van der Waals surface area contributed by atoms with E-state index in [4.69, 9.17) is 13.8 Å². The first-order chi connectivity index (χ1) is 14.4. The summed E-state index contributed by atoms with van der Waals surface area (Å²) in [5, 5.41) is 14.5. The normalized spacial score (nSPS) is 19.1. The van der Waals surface area contributed by atoms with Gasteiger partial charge in [-0.15, -0.1) is 0 Å². The van der Waals surface area contributed by atoms with Gasteiger partial charge in [0, 0.05) is 43.2 Å². The number of ether oxygens (including phenoxy) is 1. The number of hydrogen-bond acceptors (Lipinski definition) is 8. The van der Waals surface area contributed by atoms with Crippen LogP contribution in [0.5, 0.6) is 0 Å². The van der Waals surface area contributed by atoms with E-state index in [1.54, 1.807) is 39.3 Å². The van der Waals surface area contributed by atoms with Gasteiger partial charge >= 0.3 is 7.60 Å². The quantitative estimate of drug-likeness (QED) is 0.285. The lowest BCUT2D eigenvalue weighted by atomic mass is 10.2. The lowest BCUT2D eigenvalue weighted by Crippen LogP contribution is -2.41. The van der Waals surface area contributed by atoms with Crippen molar-refractivity contribution in [1.82, 2.24) is 4.90 Å². The third-order valence-corrected chi connectivity index (χ3v) is 7.42. The van der Waals surface area contributed by atoms with Gasteiger partial charge in [0.15, 0.2) is 0 Å². The zero-order valence-corrected chi connectivity index (χ0v) is 19.0. The minimum absolute atomic E-state index is 0.00639. The van der Waals surface area contributed by atoms with E-state index >= 15 is 0 Å². The van der Waals surface area contributed by atoms with Crippen molar-refractivity contribution in [2.24, 2.45) is 0 Å². The molecule has 10 heteroatoms. The van der Waals surface area contributed by atoms with E-state index in [-0.39, 0.29) is 31.0 Å². The van der Waals surface area contributed by atoms with E-state index in [1.807, 2.05) is 6.92 Å². The lowest BCUT2D eigenvalue weighted by Gasteiger charge is -2.34. The Kier molecular flexibility index (Phi) is 9.45. The summed E-state index contributed by atoms with van der Waals surface area (Å²) < 4.78 is 30.3. The number of benzene rings is 1. The number of anilines is 1. The second kappa shape index (κ2) is 11.6. The number of methoxy groups -OCH3 is 1. The summed E-state index contributed by atoms with van der Waals surface area (Å²) in [5.74, 6) is 0. The van der Waals surface area contributed by atoms with Crippen molar-refractivity contribution in [3.05, 3.63) is 45.9 Å². The SMILES string of the molecule is CCOP(=O)(OCC)/C(=C/Nc1ccc([N+](=O)[O-])cc1)C(C)N1CCC[C@H]1COC. The van der Waals surface area contributed by atoms with Crippen LogP contribution in [0.4, 0.5) is 11.4 Å². The van der Waals surface area contributed by atoms with Crippen LogP contribution in [-0.2, 0) is 18.3 Å². The fraction of sp³-hybridized carbons (Fsp3) is 0.600. The molecule has 1 aliphatic rings. The average molecular weight is 441 g/mol. The van der Waals surface area contributed by atoms with Crippen LogP contribution in [0.25, 0.3) is 0 Å². The topological polar surface area (TPSA) is 103 Å². The molecule has 1 aliphatic heterocycles. The third-order valence-electron chi connectivity index (χ3n) is 5.09. The molecule has 0 spiro atoms. The summed E-state index contributed by atoms with van der Waals surface area (Å²) in [7, 11) is -1.86. The molecule has 1 aromatic carbocycles. The molecule has 168 valence electrons. The lowest BCUT2D eigenvalue weighted by molar-refractivity contribution is -0.384. The number of rotatable bonds is 12. The van der Waals surface area contributed by atoms with Gasteiger partial charge in [-0.05, 0) is 52.3 Å². The second-order valence-electron chi connectivity index (χ2n) is 7.02. The molecule has 1 fully saturated rings. The minimum Gasteiger partial charge on any atom is -0.383 e. The van der Waals surface area contributed by atoms with E-state index in [0.717, 1.165) is 19.4 Å². The van der Waals surface area contributed by atoms with Crippen LogP contribution in [0.15, 0.2) is 35.8 Å². The molecule has 1 aromatic rings. The fourth-order valence-corrected chi connectivity index (χ4v) is 5.58. The maximum Gasteiger partial charge on any atom is 0.360 e. The van der Waals surface area contributed by atoms with Crippen molar-refractivity contribution in [3.63, 3.8) is 0 Å². The number of nitro benzene ring substituents is 1. The summed E-state index contributed by atoms with van der Waals surface area (Å²) in [4.78, 5) is 12.7. The third kappa shape index (κ3) is 6.12. The van der Waals surface area contributed by atoms with E-state index in [2.05, 4.69) is 10.2 Å². The molecule has 2 atom stereocenters. The molecule has 30 heavy (non-hydrogen) atoms. The maximum atomic E-state index is 13.6. The molecule has 1 saturated heterocycles. The standard InChI is InChI=1S/C20H32N3O6P/c1-5-28-30(26,29-6-2)20(16(3)22-13-7-8-19(22)15-27-4)14-21-17-9-11-18(12-10-17)23(24)25/h9-12,14,16,19,21H,5-8,13,15H2,1-4H3/b20-14+/t16?,19-/m0/s1. The number of non-ortho nitro benzene ring substituents is 1. The molecule has 9 nitrogen and oxygen atoms in total. The van der Waals surface area contributed by atoms with Crippen molar-refractivity contribution in [1.29, 1.82) is 0 Å². The van der Waals surface area contributed by atoms with Crippen molar-refractivity contribution >= 4 is 19.0 Å². The molecule has 0 bridgehead atoms. The molecule has 1 N–H and O–H groups in total.